The zero-order valence-electron chi connectivity index (χ0n) is 17.9. The third-order valence-electron chi connectivity index (χ3n) is 6.23. The first-order valence-corrected chi connectivity index (χ1v) is 11.5. The van der Waals surface area contributed by atoms with Crippen LogP contribution in [0.4, 0.5) is 10.3 Å². The number of fused-ring (bicyclic) bond motifs is 1. The first-order chi connectivity index (χ1) is 15.6. The van der Waals surface area contributed by atoms with Crippen molar-refractivity contribution in [2.45, 2.75) is 45.2 Å². The lowest BCUT2D eigenvalue weighted by Crippen LogP contribution is -2.12. The summed E-state index contributed by atoms with van der Waals surface area (Å²) >= 11 is 6.41. The molecule has 1 fully saturated rings. The molecule has 5 nitrogen and oxygen atoms in total. The molecule has 0 saturated heterocycles. The van der Waals surface area contributed by atoms with Gasteiger partial charge in [-0.1, -0.05) is 60.8 Å². The van der Waals surface area contributed by atoms with Gasteiger partial charge in [0.2, 0.25) is 5.95 Å². The lowest BCUT2D eigenvalue weighted by Gasteiger charge is -2.16. The second-order valence-corrected chi connectivity index (χ2v) is 8.88. The van der Waals surface area contributed by atoms with Crippen LogP contribution >= 0.6 is 11.6 Å². The van der Waals surface area contributed by atoms with Crippen molar-refractivity contribution in [2.24, 2.45) is 5.92 Å². The van der Waals surface area contributed by atoms with Gasteiger partial charge in [0.15, 0.2) is 5.65 Å². The van der Waals surface area contributed by atoms with Gasteiger partial charge in [-0.05, 0) is 43.4 Å². The van der Waals surface area contributed by atoms with Gasteiger partial charge >= 0.3 is 0 Å². The Morgan fingerprint density at radius 2 is 1.88 bits per heavy atom. The van der Waals surface area contributed by atoms with Crippen molar-refractivity contribution >= 4 is 28.7 Å². The minimum atomic E-state index is -0.385. The molecule has 5 rings (SSSR count). The lowest BCUT2D eigenvalue weighted by molar-refractivity contribution is 0.465. The van der Waals surface area contributed by atoms with Crippen LogP contribution in [-0.4, -0.2) is 19.5 Å². The van der Waals surface area contributed by atoms with E-state index in [1.54, 1.807) is 18.3 Å². The fraction of sp³-hybridized carbons (Fsp3) is 0.320. The monoisotopic (exact) mass is 449 g/mol. The molecule has 0 radical (unpaired) electrons. The zero-order chi connectivity index (χ0) is 22.1. The Morgan fingerprint density at radius 1 is 1.09 bits per heavy atom. The normalized spacial score (nSPS) is 15.3. The average molecular weight is 450 g/mol. The Kier molecular flexibility index (Phi) is 5.79. The zero-order valence-corrected chi connectivity index (χ0v) is 18.7. The van der Waals surface area contributed by atoms with E-state index in [2.05, 4.69) is 29.4 Å². The van der Waals surface area contributed by atoms with E-state index in [-0.39, 0.29) is 11.9 Å². The highest BCUT2D eigenvalue weighted by atomic mass is 35.5. The van der Waals surface area contributed by atoms with Crippen molar-refractivity contribution < 1.29 is 4.39 Å². The van der Waals surface area contributed by atoms with Crippen molar-refractivity contribution in [1.82, 2.24) is 19.5 Å². The third kappa shape index (κ3) is 4.07. The predicted molar refractivity (Wildman–Crippen MR) is 126 cm³/mol. The Bertz CT molecular complexity index is 1210. The van der Waals surface area contributed by atoms with Crippen molar-refractivity contribution in [1.29, 1.82) is 0 Å². The van der Waals surface area contributed by atoms with Crippen molar-refractivity contribution in [3.8, 4) is 11.4 Å². The Morgan fingerprint density at radius 3 is 2.62 bits per heavy atom. The van der Waals surface area contributed by atoms with E-state index in [4.69, 9.17) is 21.6 Å². The van der Waals surface area contributed by atoms with Crippen LogP contribution in [-0.2, 0) is 6.54 Å². The van der Waals surface area contributed by atoms with Crippen LogP contribution in [0.25, 0.3) is 22.6 Å². The lowest BCUT2D eigenvalue weighted by atomic mass is 10.1. The van der Waals surface area contributed by atoms with Crippen LogP contribution < -0.4 is 5.32 Å². The third-order valence-corrected chi connectivity index (χ3v) is 6.55. The highest BCUT2D eigenvalue weighted by Gasteiger charge is 2.24. The molecular formula is C25H25ClFN5. The molecule has 1 atom stereocenters. The molecule has 0 amide bonds. The maximum atomic E-state index is 14.8. The van der Waals surface area contributed by atoms with E-state index in [0.29, 0.717) is 39.4 Å². The molecule has 7 heteroatoms. The van der Waals surface area contributed by atoms with E-state index >= 15 is 0 Å². The first kappa shape index (κ1) is 20.9. The summed E-state index contributed by atoms with van der Waals surface area (Å²) in [5.41, 5.74) is 2.80. The highest BCUT2D eigenvalue weighted by molar-refractivity contribution is 6.33. The van der Waals surface area contributed by atoms with E-state index in [0.717, 1.165) is 24.9 Å². The van der Waals surface area contributed by atoms with Gasteiger partial charge < -0.3 is 9.88 Å². The van der Waals surface area contributed by atoms with Crippen molar-refractivity contribution in [2.75, 3.05) is 5.32 Å². The molecule has 0 bridgehead atoms. The number of imidazole rings is 1. The minimum absolute atomic E-state index is 0.0420. The number of rotatable bonds is 6. The smallest absolute Gasteiger partial charge is 0.225 e. The van der Waals surface area contributed by atoms with Gasteiger partial charge in [0.1, 0.15) is 17.2 Å². The first-order valence-electron chi connectivity index (χ1n) is 11.1. The van der Waals surface area contributed by atoms with Gasteiger partial charge in [0, 0.05) is 6.54 Å². The molecule has 1 N–H and O–H groups in total. The molecule has 2 heterocycles. The number of hydrogen-bond acceptors (Lipinski definition) is 4. The van der Waals surface area contributed by atoms with Crippen LogP contribution in [0.2, 0.25) is 5.02 Å². The molecule has 1 aliphatic carbocycles. The molecule has 0 aliphatic heterocycles. The average Bonchev–Trinajstić information content (AvgIpc) is 3.43. The van der Waals surface area contributed by atoms with E-state index in [9.17, 15) is 4.39 Å². The number of nitrogens with one attached hydrogen (secondary N) is 1. The van der Waals surface area contributed by atoms with Crippen molar-refractivity contribution in [3.63, 3.8) is 0 Å². The van der Waals surface area contributed by atoms with Gasteiger partial charge in [-0.3, -0.25) is 0 Å². The molecule has 0 spiro atoms. The Hall–Kier alpha value is -2.99. The summed E-state index contributed by atoms with van der Waals surface area (Å²) in [6.45, 7) is 2.81. The molecule has 2 aromatic carbocycles. The fourth-order valence-electron chi connectivity index (χ4n) is 4.53. The summed E-state index contributed by atoms with van der Waals surface area (Å²) in [5.74, 6) is 1.17. The molecule has 1 saturated carbocycles. The fourth-order valence-corrected chi connectivity index (χ4v) is 4.78. The molecule has 32 heavy (non-hydrogen) atoms. The van der Waals surface area contributed by atoms with Crippen LogP contribution in [0, 0.1) is 11.7 Å². The number of hydrogen-bond donors (Lipinski definition) is 1. The SMILES string of the molecule is C[C@H](Nc1ncc2nc(-c3c(F)cccc3Cl)n(CC3CCCC3)c2n1)c1ccccc1. The van der Waals surface area contributed by atoms with E-state index < -0.39 is 0 Å². The Labute approximate surface area is 191 Å². The summed E-state index contributed by atoms with van der Waals surface area (Å²) in [5, 5.41) is 3.72. The second kappa shape index (κ2) is 8.87. The topological polar surface area (TPSA) is 55.6 Å². The molecule has 1 aliphatic rings. The highest BCUT2D eigenvalue weighted by Crippen LogP contribution is 2.35. The summed E-state index contributed by atoms with van der Waals surface area (Å²) in [4.78, 5) is 14.0. The summed E-state index contributed by atoms with van der Waals surface area (Å²) in [7, 11) is 0. The minimum Gasteiger partial charge on any atom is -0.348 e. The maximum Gasteiger partial charge on any atom is 0.225 e. The van der Waals surface area contributed by atoms with Gasteiger partial charge in [-0.15, -0.1) is 0 Å². The van der Waals surface area contributed by atoms with Crippen LogP contribution in [0.3, 0.4) is 0 Å². The number of aromatic nitrogens is 4. The predicted octanol–water partition coefficient (Wildman–Crippen LogP) is 6.65. The van der Waals surface area contributed by atoms with E-state index in [1.807, 2.05) is 22.8 Å². The largest absolute Gasteiger partial charge is 0.348 e. The van der Waals surface area contributed by atoms with Crippen LogP contribution in [0.1, 0.15) is 44.2 Å². The molecule has 2 aromatic heterocycles. The quantitative estimate of drug-likeness (QED) is 0.358. The standard InChI is InChI=1S/C25H25ClFN5/c1-16(18-10-3-2-4-11-18)29-25-28-14-21-23(31-25)32(15-17-8-5-6-9-17)24(30-21)22-19(26)12-7-13-20(22)27/h2-4,7,10-14,16-17H,5-6,8-9,15H2,1H3,(H,28,29,31)/t16-/m0/s1. The number of anilines is 1. The van der Waals surface area contributed by atoms with Gasteiger partial charge in [0.25, 0.3) is 0 Å². The van der Waals surface area contributed by atoms with Crippen LogP contribution in [0.15, 0.2) is 54.7 Å². The molecule has 0 unspecified atom stereocenters. The number of nitrogens with zero attached hydrogens (tertiary/aromatic N) is 4. The molecular weight excluding hydrogens is 425 g/mol. The summed E-state index contributed by atoms with van der Waals surface area (Å²) < 4.78 is 16.8. The van der Waals surface area contributed by atoms with Gasteiger partial charge in [-0.25, -0.2) is 14.4 Å². The number of halogens is 2. The van der Waals surface area contributed by atoms with Gasteiger partial charge in [0.05, 0.1) is 22.8 Å². The number of benzene rings is 2. The van der Waals surface area contributed by atoms with Crippen LogP contribution in [0.5, 0.6) is 0 Å². The summed E-state index contributed by atoms with van der Waals surface area (Å²) in [6.07, 6.45) is 6.47. The van der Waals surface area contributed by atoms with Gasteiger partial charge in [-0.2, -0.15) is 4.98 Å². The maximum absolute atomic E-state index is 14.8. The second-order valence-electron chi connectivity index (χ2n) is 8.47. The van der Waals surface area contributed by atoms with E-state index in [1.165, 1.54) is 18.9 Å². The Balaban J connectivity index is 1.58. The molecule has 4 aromatic rings. The molecule has 164 valence electrons. The van der Waals surface area contributed by atoms with Crippen molar-refractivity contribution in [3.05, 3.63) is 71.1 Å². The summed E-state index contributed by atoms with van der Waals surface area (Å²) in [6, 6.07) is 14.9.